The van der Waals surface area contributed by atoms with E-state index >= 15 is 0 Å². The zero-order chi connectivity index (χ0) is 31.3. The summed E-state index contributed by atoms with van der Waals surface area (Å²) in [7, 11) is 0. The number of nitrogens with zero attached hydrogens (tertiary/aromatic N) is 2. The lowest BCUT2D eigenvalue weighted by Crippen LogP contribution is -1.99. The Kier molecular flexibility index (Phi) is 22.7. The number of rotatable bonds is 26. The number of allylic oxidation sites excluding steroid dienone is 2. The van der Waals surface area contributed by atoms with E-state index in [1.165, 1.54) is 127 Å². The molecule has 0 amide bonds. The van der Waals surface area contributed by atoms with E-state index in [4.69, 9.17) is 9.98 Å². The number of hydrogen-bond acceptors (Lipinski definition) is 2. The highest BCUT2D eigenvalue weighted by molar-refractivity contribution is 6.31. The SMILES string of the molecule is CCCCCCCCCCC=Cc1ccc(N=CC(CCCC)=Nc2ccc(C=CCCCCCCCCCC)cc2)cc1. The Morgan fingerprint density at radius 1 is 0.477 bits per heavy atom. The molecule has 0 saturated carbocycles. The van der Waals surface area contributed by atoms with Gasteiger partial charge in [0.25, 0.3) is 0 Å². The molecule has 0 aromatic heterocycles. The molecule has 0 atom stereocenters. The quantitative estimate of drug-likeness (QED) is 0.0762. The minimum atomic E-state index is 0.944. The fourth-order valence-corrected chi connectivity index (χ4v) is 5.38. The van der Waals surface area contributed by atoms with Gasteiger partial charge >= 0.3 is 0 Å². The summed E-state index contributed by atoms with van der Waals surface area (Å²) in [4.78, 5) is 9.72. The summed E-state index contributed by atoms with van der Waals surface area (Å²) >= 11 is 0. The van der Waals surface area contributed by atoms with Crippen LogP contribution in [0.3, 0.4) is 0 Å². The predicted octanol–water partition coefficient (Wildman–Crippen LogP) is 14.4. The fraction of sp³-hybridized carbons (Fsp3) is 0.571. The summed E-state index contributed by atoms with van der Waals surface area (Å²) in [6, 6.07) is 17.2. The first-order valence-corrected chi connectivity index (χ1v) is 18.4. The summed E-state index contributed by atoms with van der Waals surface area (Å²) in [6.07, 6.45) is 38.6. The largest absolute Gasteiger partial charge is 0.255 e. The van der Waals surface area contributed by atoms with Crippen LogP contribution in [-0.4, -0.2) is 11.9 Å². The number of aliphatic imine (C=N–C) groups is 2. The van der Waals surface area contributed by atoms with Crippen LogP contribution in [0, 0.1) is 0 Å². The molecular formula is C42H64N2. The standard InChI is InChI=1S/C42H64N2/c1-4-7-10-12-14-16-18-20-22-24-26-38-29-33-40(34-30-38)43-37-42(28-9-6-3)44-41-35-31-39(32-36-41)27-25-23-21-19-17-15-13-11-8-5-2/h24-27,29-37H,4-23,28H2,1-3H3. The van der Waals surface area contributed by atoms with Crippen molar-refractivity contribution in [1.29, 1.82) is 0 Å². The molecule has 2 nitrogen and oxygen atoms in total. The van der Waals surface area contributed by atoms with Crippen LogP contribution in [0.2, 0.25) is 0 Å². The van der Waals surface area contributed by atoms with Crippen molar-refractivity contribution in [2.24, 2.45) is 9.98 Å². The Hall–Kier alpha value is -2.74. The Labute approximate surface area is 272 Å². The van der Waals surface area contributed by atoms with E-state index in [9.17, 15) is 0 Å². The van der Waals surface area contributed by atoms with Crippen LogP contribution < -0.4 is 0 Å². The molecule has 2 heteroatoms. The van der Waals surface area contributed by atoms with Gasteiger partial charge in [-0.05, 0) is 73.9 Å². The third-order valence-corrected chi connectivity index (χ3v) is 8.28. The minimum absolute atomic E-state index is 0.944. The van der Waals surface area contributed by atoms with Gasteiger partial charge in [0.2, 0.25) is 0 Å². The molecule has 2 aromatic carbocycles. The van der Waals surface area contributed by atoms with Crippen LogP contribution in [-0.2, 0) is 0 Å². The van der Waals surface area contributed by atoms with Crippen LogP contribution in [0.15, 0.2) is 70.7 Å². The number of hydrogen-bond donors (Lipinski definition) is 0. The van der Waals surface area contributed by atoms with Crippen LogP contribution in [0.5, 0.6) is 0 Å². The molecule has 0 fully saturated rings. The van der Waals surface area contributed by atoms with Gasteiger partial charge in [-0.1, -0.05) is 166 Å². The first-order chi connectivity index (χ1) is 21.7. The van der Waals surface area contributed by atoms with E-state index in [0.717, 1.165) is 36.3 Å². The fourth-order valence-electron chi connectivity index (χ4n) is 5.38. The molecule has 44 heavy (non-hydrogen) atoms. The second kappa shape index (κ2) is 26.6. The van der Waals surface area contributed by atoms with Crippen molar-refractivity contribution in [3.63, 3.8) is 0 Å². The molecule has 0 radical (unpaired) electrons. The molecule has 0 N–H and O–H groups in total. The Morgan fingerprint density at radius 3 is 1.34 bits per heavy atom. The lowest BCUT2D eigenvalue weighted by atomic mass is 10.1. The second-order valence-corrected chi connectivity index (χ2v) is 12.5. The molecule has 0 aliphatic rings. The van der Waals surface area contributed by atoms with Gasteiger partial charge in [-0.2, -0.15) is 0 Å². The van der Waals surface area contributed by atoms with E-state index in [0.29, 0.717) is 0 Å². The Bertz CT molecular complexity index is 1060. The third-order valence-electron chi connectivity index (χ3n) is 8.28. The number of unbranched alkanes of at least 4 members (excludes halogenated alkanes) is 17. The van der Waals surface area contributed by atoms with E-state index in [1.54, 1.807) is 0 Å². The molecule has 0 saturated heterocycles. The van der Waals surface area contributed by atoms with Crippen LogP contribution in [0.1, 0.15) is 167 Å². The van der Waals surface area contributed by atoms with Crippen LogP contribution >= 0.6 is 0 Å². The van der Waals surface area contributed by atoms with Gasteiger partial charge in [0.1, 0.15) is 0 Å². The van der Waals surface area contributed by atoms with E-state index in [-0.39, 0.29) is 0 Å². The highest BCUT2D eigenvalue weighted by atomic mass is 14.8. The summed E-state index contributed by atoms with van der Waals surface area (Å²) in [5, 5.41) is 0. The van der Waals surface area contributed by atoms with Crippen molar-refractivity contribution in [1.82, 2.24) is 0 Å². The van der Waals surface area contributed by atoms with Crippen LogP contribution in [0.25, 0.3) is 12.2 Å². The Balaban J connectivity index is 1.77. The minimum Gasteiger partial charge on any atom is -0.255 e. The Morgan fingerprint density at radius 2 is 0.886 bits per heavy atom. The van der Waals surface area contributed by atoms with Gasteiger partial charge < -0.3 is 0 Å². The van der Waals surface area contributed by atoms with Crippen molar-refractivity contribution in [3.8, 4) is 0 Å². The molecule has 242 valence electrons. The maximum absolute atomic E-state index is 4.95. The van der Waals surface area contributed by atoms with E-state index < -0.39 is 0 Å². The monoisotopic (exact) mass is 597 g/mol. The maximum atomic E-state index is 4.95. The highest BCUT2D eigenvalue weighted by Gasteiger charge is 1.99. The maximum Gasteiger partial charge on any atom is 0.0634 e. The van der Waals surface area contributed by atoms with Crippen molar-refractivity contribution in [3.05, 3.63) is 71.8 Å². The summed E-state index contributed by atoms with van der Waals surface area (Å²) in [6.45, 7) is 6.79. The van der Waals surface area contributed by atoms with E-state index in [1.807, 2.05) is 6.21 Å². The predicted molar refractivity (Wildman–Crippen MR) is 200 cm³/mol. The molecule has 0 aliphatic carbocycles. The second-order valence-electron chi connectivity index (χ2n) is 12.5. The lowest BCUT2D eigenvalue weighted by Gasteiger charge is -2.03. The molecule has 0 unspecified atom stereocenters. The average molecular weight is 597 g/mol. The van der Waals surface area contributed by atoms with Gasteiger partial charge in [0.15, 0.2) is 0 Å². The normalized spacial score (nSPS) is 12.4. The summed E-state index contributed by atoms with van der Waals surface area (Å²) in [5.74, 6) is 0. The van der Waals surface area contributed by atoms with Crippen molar-refractivity contribution >= 4 is 35.5 Å². The molecule has 2 aromatic rings. The van der Waals surface area contributed by atoms with Crippen molar-refractivity contribution in [2.75, 3.05) is 0 Å². The lowest BCUT2D eigenvalue weighted by molar-refractivity contribution is 0.578. The summed E-state index contributed by atoms with van der Waals surface area (Å²) < 4.78 is 0. The molecule has 0 heterocycles. The highest BCUT2D eigenvalue weighted by Crippen LogP contribution is 2.18. The van der Waals surface area contributed by atoms with Crippen molar-refractivity contribution in [2.45, 2.75) is 156 Å². The van der Waals surface area contributed by atoms with E-state index in [2.05, 4.69) is 93.6 Å². The zero-order valence-electron chi connectivity index (χ0n) is 28.7. The topological polar surface area (TPSA) is 24.7 Å². The van der Waals surface area contributed by atoms with Crippen LogP contribution in [0.4, 0.5) is 11.4 Å². The first kappa shape index (κ1) is 37.4. The van der Waals surface area contributed by atoms with Gasteiger partial charge in [-0.15, -0.1) is 0 Å². The number of benzene rings is 2. The molecule has 0 spiro atoms. The smallest absolute Gasteiger partial charge is 0.0634 e. The molecule has 2 rings (SSSR count). The summed E-state index contributed by atoms with van der Waals surface area (Å²) in [5.41, 5.74) is 5.51. The third kappa shape index (κ3) is 19.5. The zero-order valence-corrected chi connectivity index (χ0v) is 28.7. The molecular weight excluding hydrogens is 532 g/mol. The average Bonchev–Trinajstić information content (AvgIpc) is 3.05. The van der Waals surface area contributed by atoms with Gasteiger partial charge in [0.05, 0.1) is 17.1 Å². The van der Waals surface area contributed by atoms with Crippen molar-refractivity contribution < 1.29 is 0 Å². The molecule has 0 aliphatic heterocycles. The molecule has 0 bridgehead atoms. The first-order valence-electron chi connectivity index (χ1n) is 18.4. The van der Waals surface area contributed by atoms with Gasteiger partial charge in [0, 0.05) is 6.21 Å². The van der Waals surface area contributed by atoms with Gasteiger partial charge in [-0.3, -0.25) is 9.98 Å². The van der Waals surface area contributed by atoms with Gasteiger partial charge in [-0.25, -0.2) is 0 Å².